The zero-order chi connectivity index (χ0) is 12.3. The molecule has 90 valence electrons. The molecular weight excluding hydrogens is 278 g/mol. The number of halogens is 3. The molecule has 0 amide bonds. The van der Waals surface area contributed by atoms with E-state index in [9.17, 15) is 12.8 Å². The topological polar surface area (TPSA) is 43.4 Å². The van der Waals surface area contributed by atoms with Crippen molar-refractivity contribution in [3.8, 4) is 0 Å². The van der Waals surface area contributed by atoms with E-state index in [1.807, 2.05) is 0 Å². The maximum absolute atomic E-state index is 13.5. The third-order valence-electron chi connectivity index (χ3n) is 1.83. The molecule has 0 aliphatic rings. The Labute approximate surface area is 103 Å². The van der Waals surface area contributed by atoms with Crippen LogP contribution >= 0.6 is 22.3 Å². The van der Waals surface area contributed by atoms with Gasteiger partial charge in [-0.15, -0.1) is 0 Å². The fourth-order valence-corrected chi connectivity index (χ4v) is 2.45. The van der Waals surface area contributed by atoms with E-state index in [1.54, 1.807) is 0 Å². The van der Waals surface area contributed by atoms with Crippen LogP contribution in [-0.4, -0.2) is 15.5 Å². The number of hydrogen-bond acceptors (Lipinski definition) is 3. The second-order valence-electron chi connectivity index (χ2n) is 3.15. The second kappa shape index (κ2) is 5.31. The average molecular weight is 287 g/mol. The minimum Gasteiger partial charge on any atom is -0.380 e. The van der Waals surface area contributed by atoms with Crippen LogP contribution in [0, 0.1) is 5.82 Å². The van der Waals surface area contributed by atoms with Gasteiger partial charge in [0.15, 0.2) is 0 Å². The summed E-state index contributed by atoms with van der Waals surface area (Å²) in [7, 11) is 2.74. The minimum atomic E-state index is -3.72. The van der Waals surface area contributed by atoms with E-state index in [4.69, 9.17) is 27.0 Å². The molecule has 0 saturated heterocycles. The van der Waals surface area contributed by atoms with Gasteiger partial charge in [0, 0.05) is 28.4 Å². The Kier molecular flexibility index (Phi) is 4.55. The molecule has 0 aromatic heterocycles. The van der Waals surface area contributed by atoms with E-state index in [0.717, 1.165) is 6.07 Å². The molecule has 1 aromatic carbocycles. The molecule has 0 saturated carbocycles. The molecule has 0 aliphatic carbocycles. The van der Waals surface area contributed by atoms with E-state index in [2.05, 4.69) is 0 Å². The fourth-order valence-electron chi connectivity index (χ4n) is 1.22. The minimum absolute atomic E-state index is 0.0264. The molecule has 0 atom stereocenters. The number of rotatable bonds is 4. The van der Waals surface area contributed by atoms with Crippen LogP contribution in [0.3, 0.4) is 0 Å². The molecule has 0 spiro atoms. The molecule has 0 N–H and O–H groups in total. The monoisotopic (exact) mass is 286 g/mol. The molecule has 3 nitrogen and oxygen atoms in total. The Hall–Kier alpha value is -0.360. The van der Waals surface area contributed by atoms with Gasteiger partial charge in [-0.25, -0.2) is 12.8 Å². The number of methoxy groups -OCH3 is 1. The van der Waals surface area contributed by atoms with Crippen LogP contribution in [0.15, 0.2) is 12.1 Å². The Bertz CT molecular complexity index is 465. The number of ether oxygens (including phenoxy) is 1. The molecule has 0 aliphatic heterocycles. The van der Waals surface area contributed by atoms with Crippen molar-refractivity contribution in [1.29, 1.82) is 0 Å². The van der Waals surface area contributed by atoms with Gasteiger partial charge in [0.05, 0.1) is 12.4 Å². The largest absolute Gasteiger partial charge is 0.380 e. The predicted molar refractivity (Wildman–Crippen MR) is 60.6 cm³/mol. The van der Waals surface area contributed by atoms with Gasteiger partial charge >= 0.3 is 0 Å². The van der Waals surface area contributed by atoms with Crippen LogP contribution in [-0.2, 0) is 26.1 Å². The van der Waals surface area contributed by atoms with Crippen molar-refractivity contribution in [2.24, 2.45) is 0 Å². The zero-order valence-corrected chi connectivity index (χ0v) is 10.7. The first-order valence-electron chi connectivity index (χ1n) is 4.21. The first-order chi connectivity index (χ1) is 7.33. The number of hydrogen-bond donors (Lipinski definition) is 0. The normalized spacial score (nSPS) is 11.8. The van der Waals surface area contributed by atoms with Crippen molar-refractivity contribution in [2.45, 2.75) is 12.4 Å². The molecular formula is C9H9Cl2FO3S. The Balaban J connectivity index is 3.09. The Morgan fingerprint density at radius 1 is 1.44 bits per heavy atom. The van der Waals surface area contributed by atoms with Crippen LogP contribution in [0.1, 0.15) is 11.1 Å². The summed E-state index contributed by atoms with van der Waals surface area (Å²) in [6, 6.07) is 2.44. The molecule has 0 radical (unpaired) electrons. The highest BCUT2D eigenvalue weighted by Crippen LogP contribution is 2.24. The maximum Gasteiger partial charge on any atom is 0.236 e. The molecule has 1 rings (SSSR count). The standard InChI is InChI=1S/C9H9Cl2FO3S/c1-15-4-7-8(10)2-6(3-9(7)12)5-16(11,13)14/h2-3H,4-5H2,1H3. The van der Waals surface area contributed by atoms with Gasteiger partial charge in [-0.1, -0.05) is 11.6 Å². The van der Waals surface area contributed by atoms with E-state index >= 15 is 0 Å². The summed E-state index contributed by atoms with van der Waals surface area (Å²) in [5.41, 5.74) is 0.400. The van der Waals surface area contributed by atoms with Crippen molar-refractivity contribution < 1.29 is 17.5 Å². The maximum atomic E-state index is 13.5. The van der Waals surface area contributed by atoms with Crippen molar-refractivity contribution >= 4 is 31.3 Å². The SMILES string of the molecule is COCc1c(F)cc(CS(=O)(=O)Cl)cc1Cl. The van der Waals surface area contributed by atoms with Crippen molar-refractivity contribution in [1.82, 2.24) is 0 Å². The lowest BCUT2D eigenvalue weighted by Crippen LogP contribution is -2.00. The van der Waals surface area contributed by atoms with E-state index in [1.165, 1.54) is 13.2 Å². The highest BCUT2D eigenvalue weighted by molar-refractivity contribution is 8.13. The van der Waals surface area contributed by atoms with Gasteiger partial charge in [0.1, 0.15) is 5.82 Å². The summed E-state index contributed by atoms with van der Waals surface area (Å²) in [5.74, 6) is -1.07. The smallest absolute Gasteiger partial charge is 0.236 e. The molecule has 16 heavy (non-hydrogen) atoms. The van der Waals surface area contributed by atoms with Gasteiger partial charge in [-0.2, -0.15) is 0 Å². The van der Waals surface area contributed by atoms with Crippen molar-refractivity contribution in [2.75, 3.05) is 7.11 Å². The third-order valence-corrected chi connectivity index (χ3v) is 3.17. The first kappa shape index (κ1) is 13.7. The van der Waals surface area contributed by atoms with Crippen LogP contribution in [0.2, 0.25) is 5.02 Å². The predicted octanol–water partition coefficient (Wildman–Crippen LogP) is 2.69. The Morgan fingerprint density at radius 2 is 2.06 bits per heavy atom. The third kappa shape index (κ3) is 3.90. The van der Waals surface area contributed by atoms with Crippen molar-refractivity contribution in [3.63, 3.8) is 0 Å². The summed E-state index contributed by atoms with van der Waals surface area (Å²) in [5, 5.41) is 0.122. The summed E-state index contributed by atoms with van der Waals surface area (Å²) in [6.07, 6.45) is 0. The summed E-state index contributed by atoms with van der Waals surface area (Å²) >= 11 is 5.78. The fraction of sp³-hybridized carbons (Fsp3) is 0.333. The van der Waals surface area contributed by atoms with Gasteiger partial charge in [0.25, 0.3) is 0 Å². The van der Waals surface area contributed by atoms with Crippen LogP contribution in [0.5, 0.6) is 0 Å². The van der Waals surface area contributed by atoms with Gasteiger partial charge in [-0.05, 0) is 17.7 Å². The quantitative estimate of drug-likeness (QED) is 0.800. The lowest BCUT2D eigenvalue weighted by atomic mass is 10.1. The van der Waals surface area contributed by atoms with E-state index in [0.29, 0.717) is 0 Å². The van der Waals surface area contributed by atoms with E-state index in [-0.39, 0.29) is 22.8 Å². The van der Waals surface area contributed by atoms with Crippen LogP contribution in [0.25, 0.3) is 0 Å². The van der Waals surface area contributed by atoms with Gasteiger partial charge < -0.3 is 4.74 Å². The second-order valence-corrected chi connectivity index (χ2v) is 6.34. The molecule has 0 unspecified atom stereocenters. The summed E-state index contributed by atoms with van der Waals surface area (Å²) < 4.78 is 39.9. The average Bonchev–Trinajstić information content (AvgIpc) is 2.08. The van der Waals surface area contributed by atoms with Gasteiger partial charge in [-0.3, -0.25) is 0 Å². The number of benzene rings is 1. The molecule has 0 heterocycles. The molecule has 1 aromatic rings. The Morgan fingerprint density at radius 3 is 2.50 bits per heavy atom. The van der Waals surface area contributed by atoms with Crippen LogP contribution in [0.4, 0.5) is 4.39 Å². The lowest BCUT2D eigenvalue weighted by Gasteiger charge is -2.07. The molecule has 0 bridgehead atoms. The highest BCUT2D eigenvalue weighted by atomic mass is 35.7. The summed E-state index contributed by atoms with van der Waals surface area (Å²) in [6.45, 7) is 0.0264. The lowest BCUT2D eigenvalue weighted by molar-refractivity contribution is 0.181. The molecule has 7 heteroatoms. The first-order valence-corrected chi connectivity index (χ1v) is 7.07. The highest BCUT2D eigenvalue weighted by Gasteiger charge is 2.13. The van der Waals surface area contributed by atoms with E-state index < -0.39 is 20.6 Å². The van der Waals surface area contributed by atoms with Crippen LogP contribution < -0.4 is 0 Å². The van der Waals surface area contributed by atoms with Gasteiger partial charge in [0.2, 0.25) is 9.05 Å². The summed E-state index contributed by atoms with van der Waals surface area (Å²) in [4.78, 5) is 0. The van der Waals surface area contributed by atoms with Crippen molar-refractivity contribution in [3.05, 3.63) is 34.1 Å². The zero-order valence-electron chi connectivity index (χ0n) is 8.34. The molecule has 0 fully saturated rings.